The highest BCUT2D eigenvalue weighted by Crippen LogP contribution is 2.31. The van der Waals surface area contributed by atoms with Gasteiger partial charge in [-0.15, -0.1) is 0 Å². The molecule has 1 fully saturated rings. The van der Waals surface area contributed by atoms with E-state index in [0.717, 1.165) is 24.1 Å². The molecule has 3 nitrogen and oxygen atoms in total. The minimum absolute atomic E-state index is 0.134. The predicted molar refractivity (Wildman–Crippen MR) is 83.7 cm³/mol. The number of nitrogens with one attached hydrogen (secondary N) is 1. The van der Waals surface area contributed by atoms with Crippen molar-refractivity contribution in [2.45, 2.75) is 26.8 Å². The van der Waals surface area contributed by atoms with E-state index in [1.165, 1.54) is 11.3 Å². The zero-order valence-electron chi connectivity index (χ0n) is 11.9. The summed E-state index contributed by atoms with van der Waals surface area (Å²) in [6.45, 7) is 9.54. The number of aliphatic hydroxyl groups is 1. The first-order valence-electron chi connectivity index (χ1n) is 6.77. The van der Waals surface area contributed by atoms with Gasteiger partial charge in [0.1, 0.15) is 0 Å². The van der Waals surface area contributed by atoms with Gasteiger partial charge < -0.3 is 15.3 Å². The summed E-state index contributed by atoms with van der Waals surface area (Å²) in [5, 5.41) is 12.9. The zero-order chi connectivity index (χ0) is 14.0. The van der Waals surface area contributed by atoms with E-state index >= 15 is 0 Å². The van der Waals surface area contributed by atoms with E-state index in [9.17, 15) is 5.11 Å². The summed E-state index contributed by atoms with van der Waals surface area (Å²) < 4.78 is 1.13. The number of anilines is 1. The Bertz CT molecular complexity index is 448. The number of nitrogens with zero attached hydrogens (tertiary/aromatic N) is 1. The van der Waals surface area contributed by atoms with Crippen LogP contribution in [-0.4, -0.2) is 37.4 Å². The van der Waals surface area contributed by atoms with Crippen LogP contribution < -0.4 is 10.2 Å². The van der Waals surface area contributed by atoms with Gasteiger partial charge in [-0.2, -0.15) is 0 Å². The molecular weight excluding hydrogens is 304 g/mol. The second-order valence-corrected chi connectivity index (χ2v) is 7.11. The van der Waals surface area contributed by atoms with Gasteiger partial charge >= 0.3 is 0 Å². The van der Waals surface area contributed by atoms with E-state index in [0.29, 0.717) is 0 Å². The largest absolute Gasteiger partial charge is 0.395 e. The average Bonchev–Trinajstić information content (AvgIpc) is 2.47. The number of benzene rings is 1. The second-order valence-electron chi connectivity index (χ2n) is 6.26. The number of hydrogen-bond donors (Lipinski definition) is 2. The van der Waals surface area contributed by atoms with Crippen LogP contribution in [0.5, 0.6) is 0 Å². The van der Waals surface area contributed by atoms with Crippen LogP contribution in [0.15, 0.2) is 22.7 Å². The third kappa shape index (κ3) is 3.71. The van der Waals surface area contributed by atoms with Crippen LogP contribution in [0.4, 0.5) is 5.69 Å². The number of aryl methyl sites for hydroxylation is 1. The fourth-order valence-electron chi connectivity index (χ4n) is 2.56. The van der Waals surface area contributed by atoms with Crippen LogP contribution in [0.2, 0.25) is 0 Å². The van der Waals surface area contributed by atoms with Crippen molar-refractivity contribution in [1.29, 1.82) is 0 Å². The van der Waals surface area contributed by atoms with Crippen LogP contribution in [0, 0.1) is 12.3 Å². The Hall–Kier alpha value is -0.580. The van der Waals surface area contributed by atoms with Crippen LogP contribution in [0.1, 0.15) is 19.4 Å². The van der Waals surface area contributed by atoms with Gasteiger partial charge in [0.05, 0.1) is 12.3 Å². The molecule has 1 unspecified atom stereocenters. The molecule has 0 amide bonds. The number of hydrogen-bond acceptors (Lipinski definition) is 3. The highest BCUT2D eigenvalue weighted by molar-refractivity contribution is 9.10. The van der Waals surface area contributed by atoms with Crippen molar-refractivity contribution < 1.29 is 5.11 Å². The predicted octanol–water partition coefficient (Wildman–Crippen LogP) is 2.55. The van der Waals surface area contributed by atoms with Gasteiger partial charge in [-0.25, -0.2) is 0 Å². The van der Waals surface area contributed by atoms with Crippen molar-refractivity contribution in [2.75, 3.05) is 31.1 Å². The summed E-state index contributed by atoms with van der Waals surface area (Å²) in [6.07, 6.45) is 0. The van der Waals surface area contributed by atoms with Crippen LogP contribution in [-0.2, 0) is 0 Å². The van der Waals surface area contributed by atoms with Gasteiger partial charge in [0, 0.05) is 30.1 Å². The summed E-state index contributed by atoms with van der Waals surface area (Å²) in [6, 6.07) is 6.58. The van der Waals surface area contributed by atoms with Gasteiger partial charge in [-0.3, -0.25) is 0 Å². The summed E-state index contributed by atoms with van der Waals surface area (Å²) in [7, 11) is 0. The topological polar surface area (TPSA) is 35.5 Å². The van der Waals surface area contributed by atoms with Gasteiger partial charge in [-0.05, 0) is 46.0 Å². The minimum Gasteiger partial charge on any atom is -0.395 e. The van der Waals surface area contributed by atoms with Crippen molar-refractivity contribution in [1.82, 2.24) is 5.32 Å². The molecule has 0 spiro atoms. The van der Waals surface area contributed by atoms with E-state index in [4.69, 9.17) is 0 Å². The fraction of sp³-hybridized carbons (Fsp3) is 0.600. The summed E-state index contributed by atoms with van der Waals surface area (Å²) in [5.41, 5.74) is 2.65. The van der Waals surface area contributed by atoms with Gasteiger partial charge in [0.25, 0.3) is 0 Å². The first-order chi connectivity index (χ1) is 8.91. The van der Waals surface area contributed by atoms with Crippen LogP contribution in [0.25, 0.3) is 0 Å². The number of rotatable bonds is 2. The van der Waals surface area contributed by atoms with Crippen molar-refractivity contribution in [3.63, 3.8) is 0 Å². The van der Waals surface area contributed by atoms with Gasteiger partial charge in [-0.1, -0.05) is 19.9 Å². The first-order valence-corrected chi connectivity index (χ1v) is 7.56. The summed E-state index contributed by atoms with van der Waals surface area (Å²) >= 11 is 3.66. The molecule has 1 aromatic carbocycles. The molecule has 106 valence electrons. The van der Waals surface area contributed by atoms with Crippen LogP contribution in [0.3, 0.4) is 0 Å². The fourth-order valence-corrected chi connectivity index (χ4v) is 3.31. The van der Waals surface area contributed by atoms with E-state index in [1.807, 2.05) is 0 Å². The molecule has 1 aliphatic rings. The Morgan fingerprint density at radius 2 is 2.21 bits per heavy atom. The molecule has 0 bridgehead atoms. The van der Waals surface area contributed by atoms with E-state index in [2.05, 4.69) is 65.1 Å². The second kappa shape index (κ2) is 5.81. The molecule has 0 saturated carbocycles. The van der Waals surface area contributed by atoms with Gasteiger partial charge in [0.15, 0.2) is 0 Å². The maximum Gasteiger partial charge on any atom is 0.0601 e. The molecule has 1 saturated heterocycles. The van der Waals surface area contributed by atoms with Crippen molar-refractivity contribution in [2.24, 2.45) is 5.41 Å². The molecular formula is C15H23BrN2O. The molecule has 1 aromatic rings. The highest BCUT2D eigenvalue weighted by Gasteiger charge is 2.29. The molecule has 0 radical (unpaired) electrons. The summed E-state index contributed by atoms with van der Waals surface area (Å²) in [5.74, 6) is 0. The van der Waals surface area contributed by atoms with E-state index in [1.54, 1.807) is 0 Å². The monoisotopic (exact) mass is 326 g/mol. The van der Waals surface area contributed by atoms with Crippen molar-refractivity contribution in [3.8, 4) is 0 Å². The quantitative estimate of drug-likeness (QED) is 0.876. The maximum absolute atomic E-state index is 9.46. The lowest BCUT2D eigenvalue weighted by molar-refractivity contribution is 0.242. The molecule has 1 heterocycles. The molecule has 19 heavy (non-hydrogen) atoms. The number of aliphatic hydroxyl groups excluding tert-OH is 1. The number of halogens is 1. The lowest BCUT2D eigenvalue weighted by Crippen LogP contribution is -2.40. The molecule has 1 atom stereocenters. The molecule has 4 heteroatoms. The molecule has 0 aliphatic carbocycles. The lowest BCUT2D eigenvalue weighted by atomic mass is 9.93. The Kier molecular flexibility index (Phi) is 4.54. The Balaban J connectivity index is 2.29. The normalized spacial score (nSPS) is 23.2. The Labute approximate surface area is 124 Å². The van der Waals surface area contributed by atoms with Crippen LogP contribution >= 0.6 is 15.9 Å². The molecule has 2 rings (SSSR count). The first kappa shape index (κ1) is 14.8. The third-order valence-corrected chi connectivity index (χ3v) is 4.23. The SMILES string of the molecule is Cc1ccc(N2CC(CO)NCC(C)(C)C2)c(Br)c1. The van der Waals surface area contributed by atoms with Gasteiger partial charge in [0.2, 0.25) is 0 Å². The molecule has 1 aliphatic heterocycles. The smallest absolute Gasteiger partial charge is 0.0601 e. The standard InChI is InChI=1S/C15H23BrN2O/c1-11-4-5-14(13(16)6-11)18-7-12(8-19)17-9-15(2,3)10-18/h4-6,12,17,19H,7-10H2,1-3H3. The Morgan fingerprint density at radius 3 is 2.84 bits per heavy atom. The van der Waals surface area contributed by atoms with Crippen molar-refractivity contribution >= 4 is 21.6 Å². The minimum atomic E-state index is 0.134. The van der Waals surface area contributed by atoms with E-state index < -0.39 is 0 Å². The summed E-state index contributed by atoms with van der Waals surface area (Å²) in [4.78, 5) is 2.37. The average molecular weight is 327 g/mol. The Morgan fingerprint density at radius 1 is 1.47 bits per heavy atom. The molecule has 2 N–H and O–H groups in total. The van der Waals surface area contributed by atoms with Crippen molar-refractivity contribution in [3.05, 3.63) is 28.2 Å². The lowest BCUT2D eigenvalue weighted by Gasteiger charge is -2.31. The maximum atomic E-state index is 9.46. The highest BCUT2D eigenvalue weighted by atomic mass is 79.9. The molecule has 0 aromatic heterocycles. The van der Waals surface area contributed by atoms with E-state index in [-0.39, 0.29) is 18.1 Å². The third-order valence-electron chi connectivity index (χ3n) is 3.59. The zero-order valence-corrected chi connectivity index (χ0v) is 13.5.